The van der Waals surface area contributed by atoms with Crippen molar-refractivity contribution in [2.45, 2.75) is 0 Å². The van der Waals surface area contributed by atoms with Crippen LogP contribution in [0.15, 0.2) is 18.2 Å². The summed E-state index contributed by atoms with van der Waals surface area (Å²) < 4.78 is 3.93. The van der Waals surface area contributed by atoms with Crippen LogP contribution in [0.2, 0.25) is 0 Å². The first-order valence-electron chi connectivity index (χ1n) is 3.70. The standard InChI is InChI=1S/C9H3BrO4/c10-7(11)4-2-1-3-5-6(4)9(13)14-8(5)12/h1-3H. The van der Waals surface area contributed by atoms with Crippen LogP contribution >= 0.6 is 15.9 Å². The number of hydrogen-bond donors (Lipinski definition) is 0. The van der Waals surface area contributed by atoms with Crippen LogP contribution in [0.1, 0.15) is 31.1 Å². The number of esters is 2. The molecule has 0 radical (unpaired) electrons. The SMILES string of the molecule is O=C(Br)c1cccc2c1C(=O)OC2=O. The third-order valence-electron chi connectivity index (χ3n) is 1.89. The van der Waals surface area contributed by atoms with E-state index in [2.05, 4.69) is 20.7 Å². The minimum atomic E-state index is -0.770. The predicted octanol–water partition coefficient (Wildman–Crippen LogP) is 1.53. The first kappa shape index (κ1) is 9.08. The molecule has 0 amide bonds. The Morgan fingerprint density at radius 3 is 2.57 bits per heavy atom. The van der Waals surface area contributed by atoms with Gasteiger partial charge in [-0.1, -0.05) is 6.07 Å². The average molecular weight is 255 g/mol. The van der Waals surface area contributed by atoms with Crippen molar-refractivity contribution in [3.05, 3.63) is 34.9 Å². The molecule has 2 rings (SSSR count). The highest BCUT2D eigenvalue weighted by molar-refractivity contribution is 9.18. The van der Waals surface area contributed by atoms with Crippen molar-refractivity contribution in [1.82, 2.24) is 0 Å². The van der Waals surface area contributed by atoms with Crippen molar-refractivity contribution in [3.8, 4) is 0 Å². The highest BCUT2D eigenvalue weighted by Gasteiger charge is 2.33. The normalized spacial score (nSPS) is 13.8. The topological polar surface area (TPSA) is 60.4 Å². The number of benzene rings is 1. The van der Waals surface area contributed by atoms with Gasteiger partial charge in [0.15, 0.2) is 0 Å². The van der Waals surface area contributed by atoms with Gasteiger partial charge in [0.1, 0.15) is 0 Å². The molecule has 1 aromatic rings. The van der Waals surface area contributed by atoms with Crippen LogP contribution in [-0.2, 0) is 4.74 Å². The van der Waals surface area contributed by atoms with Crippen molar-refractivity contribution in [3.63, 3.8) is 0 Å². The Morgan fingerprint density at radius 2 is 1.93 bits per heavy atom. The molecule has 0 N–H and O–H groups in total. The lowest BCUT2D eigenvalue weighted by Gasteiger charge is -1.97. The molecular weight excluding hydrogens is 252 g/mol. The van der Waals surface area contributed by atoms with Gasteiger partial charge < -0.3 is 4.74 Å². The van der Waals surface area contributed by atoms with Crippen molar-refractivity contribution in [2.24, 2.45) is 0 Å². The number of halogens is 1. The highest BCUT2D eigenvalue weighted by Crippen LogP contribution is 2.24. The maximum Gasteiger partial charge on any atom is 0.347 e. The van der Waals surface area contributed by atoms with Gasteiger partial charge in [-0.05, 0) is 28.1 Å². The quantitative estimate of drug-likeness (QED) is 0.433. The molecule has 0 saturated carbocycles. The fourth-order valence-electron chi connectivity index (χ4n) is 1.30. The molecule has 0 spiro atoms. The van der Waals surface area contributed by atoms with Crippen LogP contribution in [0, 0.1) is 0 Å². The first-order chi connectivity index (χ1) is 6.61. The Morgan fingerprint density at radius 1 is 1.21 bits per heavy atom. The molecule has 70 valence electrons. The number of ether oxygens (including phenoxy) is 1. The summed E-state index contributed by atoms with van der Waals surface area (Å²) in [4.78, 5) is 33.3. The maximum absolute atomic E-state index is 11.2. The third kappa shape index (κ3) is 1.17. The second kappa shape index (κ2) is 3.02. The Kier molecular flexibility index (Phi) is 1.96. The van der Waals surface area contributed by atoms with Gasteiger partial charge in [0.2, 0.25) is 4.69 Å². The second-order valence-electron chi connectivity index (χ2n) is 2.68. The summed E-state index contributed by atoms with van der Waals surface area (Å²) in [5, 5.41) is 0. The summed E-state index contributed by atoms with van der Waals surface area (Å²) in [6.45, 7) is 0. The van der Waals surface area contributed by atoms with Gasteiger partial charge >= 0.3 is 11.9 Å². The van der Waals surface area contributed by atoms with E-state index in [1.807, 2.05) is 0 Å². The number of rotatable bonds is 1. The van der Waals surface area contributed by atoms with Gasteiger partial charge in [0.05, 0.1) is 11.1 Å². The van der Waals surface area contributed by atoms with Crippen molar-refractivity contribution in [1.29, 1.82) is 0 Å². The van der Waals surface area contributed by atoms with E-state index in [4.69, 9.17) is 0 Å². The van der Waals surface area contributed by atoms with Crippen molar-refractivity contribution < 1.29 is 19.1 Å². The fraction of sp³-hybridized carbons (Fsp3) is 0. The van der Waals surface area contributed by atoms with Gasteiger partial charge in [-0.15, -0.1) is 0 Å². The molecule has 1 aliphatic rings. The minimum Gasteiger partial charge on any atom is -0.386 e. The number of carbonyl (C=O) groups is 3. The van der Waals surface area contributed by atoms with E-state index in [0.717, 1.165) is 0 Å². The first-order valence-corrected chi connectivity index (χ1v) is 4.50. The summed E-state index contributed by atoms with van der Waals surface area (Å²) >= 11 is 2.73. The largest absolute Gasteiger partial charge is 0.386 e. The van der Waals surface area contributed by atoms with Gasteiger partial charge in [-0.2, -0.15) is 0 Å². The smallest absolute Gasteiger partial charge is 0.347 e. The van der Waals surface area contributed by atoms with E-state index in [1.54, 1.807) is 0 Å². The molecule has 0 fully saturated rings. The number of hydrogen-bond acceptors (Lipinski definition) is 4. The third-order valence-corrected chi connectivity index (χ3v) is 2.31. The monoisotopic (exact) mass is 254 g/mol. The molecular formula is C9H3BrO4. The molecule has 0 saturated heterocycles. The van der Waals surface area contributed by atoms with E-state index >= 15 is 0 Å². The molecule has 0 unspecified atom stereocenters. The van der Waals surface area contributed by atoms with Gasteiger partial charge in [0, 0.05) is 5.56 Å². The molecule has 0 aromatic heterocycles. The lowest BCUT2D eigenvalue weighted by molar-refractivity contribution is 0.0442. The molecule has 0 bridgehead atoms. The molecule has 4 nitrogen and oxygen atoms in total. The molecule has 1 aliphatic heterocycles. The average Bonchev–Trinajstić information content (AvgIpc) is 2.43. The molecule has 0 atom stereocenters. The molecule has 14 heavy (non-hydrogen) atoms. The molecule has 1 aromatic carbocycles. The maximum atomic E-state index is 11.2. The van der Waals surface area contributed by atoms with Crippen LogP contribution < -0.4 is 0 Å². The van der Waals surface area contributed by atoms with Crippen molar-refractivity contribution in [2.75, 3.05) is 0 Å². The van der Waals surface area contributed by atoms with Crippen LogP contribution in [0.25, 0.3) is 0 Å². The second-order valence-corrected chi connectivity index (χ2v) is 3.40. The van der Waals surface area contributed by atoms with Crippen LogP contribution in [0.5, 0.6) is 0 Å². The van der Waals surface area contributed by atoms with Crippen molar-refractivity contribution >= 4 is 32.6 Å². The van der Waals surface area contributed by atoms with Crippen LogP contribution in [-0.4, -0.2) is 16.6 Å². The van der Waals surface area contributed by atoms with Crippen LogP contribution in [0.4, 0.5) is 0 Å². The summed E-state index contributed by atoms with van der Waals surface area (Å²) in [5.74, 6) is -1.48. The lowest BCUT2D eigenvalue weighted by Crippen LogP contribution is -2.02. The molecule has 0 aliphatic carbocycles. The Balaban J connectivity index is 2.74. The number of cyclic esters (lactones) is 2. The van der Waals surface area contributed by atoms with E-state index in [9.17, 15) is 14.4 Å². The molecule has 5 heteroatoms. The zero-order chi connectivity index (χ0) is 10.3. The van der Waals surface area contributed by atoms with E-state index in [0.29, 0.717) is 0 Å². The Hall–Kier alpha value is -1.49. The Bertz CT molecular complexity index is 464. The predicted molar refractivity (Wildman–Crippen MR) is 49.4 cm³/mol. The zero-order valence-electron chi connectivity index (χ0n) is 6.74. The van der Waals surface area contributed by atoms with Gasteiger partial charge in [-0.3, -0.25) is 4.79 Å². The van der Waals surface area contributed by atoms with Crippen LogP contribution in [0.3, 0.4) is 0 Å². The molecule has 1 heterocycles. The fourth-order valence-corrected chi connectivity index (χ4v) is 1.63. The summed E-state index contributed by atoms with van der Waals surface area (Å²) in [5.41, 5.74) is 0.332. The lowest BCUT2D eigenvalue weighted by atomic mass is 10.0. The van der Waals surface area contributed by atoms with E-state index in [-0.39, 0.29) is 16.7 Å². The minimum absolute atomic E-state index is 0.0411. The van der Waals surface area contributed by atoms with Gasteiger partial charge in [-0.25, -0.2) is 9.59 Å². The van der Waals surface area contributed by atoms with E-state index in [1.165, 1.54) is 18.2 Å². The number of fused-ring (bicyclic) bond motifs is 1. The summed E-state index contributed by atoms with van der Waals surface area (Å²) in [6, 6.07) is 4.42. The highest BCUT2D eigenvalue weighted by atomic mass is 79.9. The summed E-state index contributed by atoms with van der Waals surface area (Å²) in [6.07, 6.45) is 0. The zero-order valence-corrected chi connectivity index (χ0v) is 8.33. The summed E-state index contributed by atoms with van der Waals surface area (Å²) in [7, 11) is 0. The number of carbonyl (C=O) groups excluding carboxylic acids is 3. The van der Waals surface area contributed by atoms with Gasteiger partial charge in [0.25, 0.3) is 0 Å². The Labute approximate surface area is 87.0 Å². The van der Waals surface area contributed by atoms with E-state index < -0.39 is 16.6 Å².